The molecule has 3 aromatic carbocycles. The molecule has 10 nitrogen and oxygen atoms in total. The third-order valence-corrected chi connectivity index (χ3v) is 8.65. The van der Waals surface area contributed by atoms with Gasteiger partial charge in [0.25, 0.3) is 0 Å². The summed E-state index contributed by atoms with van der Waals surface area (Å²) in [5, 5.41) is 10.4. The maximum atomic E-state index is 14.7. The minimum Gasteiger partial charge on any atom is -0.336 e. The van der Waals surface area contributed by atoms with Crippen LogP contribution in [0.25, 0.3) is 56.0 Å². The molecular formula is C35H28FN7O3S. The second-order valence-corrected chi connectivity index (χ2v) is 13.6. The number of nitrogens with zero attached hydrogens (tertiary/aromatic N) is 4. The van der Waals surface area contributed by atoms with Gasteiger partial charge in [0.1, 0.15) is 21.2 Å². The number of H-pyrrole nitrogens is 2. The zero-order valence-electron chi connectivity index (χ0n) is 25.2. The van der Waals surface area contributed by atoms with Gasteiger partial charge in [-0.25, -0.2) is 22.8 Å². The van der Waals surface area contributed by atoms with Crippen LogP contribution in [0.3, 0.4) is 0 Å². The van der Waals surface area contributed by atoms with Crippen LogP contribution >= 0.6 is 0 Å². The first-order valence-electron chi connectivity index (χ1n) is 14.8. The molecule has 0 fully saturated rings. The minimum absolute atomic E-state index is 0.0723. The Labute approximate surface area is 269 Å². The van der Waals surface area contributed by atoms with Crippen LogP contribution in [0, 0.1) is 5.82 Å². The molecule has 234 valence electrons. The summed E-state index contributed by atoms with van der Waals surface area (Å²) >= 11 is 0. The number of hydrogen-bond donors (Lipinski definition) is 3. The molecule has 12 heteroatoms. The van der Waals surface area contributed by atoms with E-state index in [1.54, 1.807) is 18.5 Å². The summed E-state index contributed by atoms with van der Waals surface area (Å²) in [6.45, 7) is 0. The first kappa shape index (κ1) is 29.9. The topological polar surface area (TPSA) is 146 Å². The molecule has 7 rings (SSSR count). The fourth-order valence-electron chi connectivity index (χ4n) is 5.49. The van der Waals surface area contributed by atoms with Gasteiger partial charge in [0.15, 0.2) is 11.5 Å². The van der Waals surface area contributed by atoms with E-state index in [0.29, 0.717) is 61.7 Å². The SMILES string of the molecule is CS(=O)(=O)CCc1cc(F)cc(-c2cccc3[nH]c(-c4n[nH]c5ccc(-c6cncc(NC(=O)Cc7ccccc7)c6)nc45)nc23)c1. The van der Waals surface area contributed by atoms with Crippen molar-refractivity contribution in [3.8, 4) is 33.9 Å². The van der Waals surface area contributed by atoms with Gasteiger partial charge < -0.3 is 10.3 Å². The van der Waals surface area contributed by atoms with Gasteiger partial charge in [-0.05, 0) is 59.5 Å². The Hall–Kier alpha value is -5.75. The zero-order valence-corrected chi connectivity index (χ0v) is 26.0. The third kappa shape index (κ3) is 6.63. The molecule has 4 aromatic heterocycles. The van der Waals surface area contributed by atoms with Crippen LogP contribution in [0.4, 0.5) is 10.1 Å². The quantitative estimate of drug-likeness (QED) is 0.171. The maximum absolute atomic E-state index is 14.7. The number of aryl methyl sites for hydroxylation is 1. The molecular weight excluding hydrogens is 617 g/mol. The Bertz CT molecular complexity index is 2390. The van der Waals surface area contributed by atoms with E-state index in [1.807, 2.05) is 66.7 Å². The van der Waals surface area contributed by atoms with Gasteiger partial charge in [-0.2, -0.15) is 5.10 Å². The Balaban J connectivity index is 1.20. The molecule has 0 aliphatic rings. The van der Waals surface area contributed by atoms with Crippen molar-refractivity contribution >= 4 is 43.5 Å². The van der Waals surface area contributed by atoms with E-state index >= 15 is 0 Å². The van der Waals surface area contributed by atoms with Crippen LogP contribution in [-0.2, 0) is 27.5 Å². The van der Waals surface area contributed by atoms with E-state index in [4.69, 9.17) is 9.97 Å². The van der Waals surface area contributed by atoms with Crippen molar-refractivity contribution in [3.63, 3.8) is 0 Å². The Morgan fingerprint density at radius 3 is 2.53 bits per heavy atom. The molecule has 0 bridgehead atoms. The number of anilines is 1. The number of benzene rings is 3. The predicted molar refractivity (Wildman–Crippen MR) is 180 cm³/mol. The highest BCUT2D eigenvalue weighted by atomic mass is 32.2. The number of rotatable bonds is 9. The lowest BCUT2D eigenvalue weighted by atomic mass is 10.0. The van der Waals surface area contributed by atoms with Crippen LogP contribution in [0.15, 0.2) is 97.3 Å². The molecule has 0 unspecified atom stereocenters. The number of fused-ring (bicyclic) bond motifs is 2. The minimum atomic E-state index is -3.20. The molecule has 0 radical (unpaired) electrons. The number of nitrogens with one attached hydrogen (secondary N) is 3. The number of carbonyl (C=O) groups is 1. The number of aromatic nitrogens is 6. The lowest BCUT2D eigenvalue weighted by molar-refractivity contribution is -0.115. The fourth-order valence-corrected chi connectivity index (χ4v) is 6.10. The first-order valence-corrected chi connectivity index (χ1v) is 16.9. The largest absolute Gasteiger partial charge is 0.336 e. The van der Waals surface area contributed by atoms with E-state index in [1.165, 1.54) is 12.1 Å². The highest BCUT2D eigenvalue weighted by molar-refractivity contribution is 7.90. The number of pyridine rings is 2. The molecule has 3 N–H and O–H groups in total. The van der Waals surface area contributed by atoms with Crippen LogP contribution in [0.5, 0.6) is 0 Å². The lowest BCUT2D eigenvalue weighted by Crippen LogP contribution is -2.14. The summed E-state index contributed by atoms with van der Waals surface area (Å²) in [7, 11) is -3.20. The van der Waals surface area contributed by atoms with Gasteiger partial charge in [-0.3, -0.25) is 14.9 Å². The molecule has 0 spiro atoms. The van der Waals surface area contributed by atoms with Crippen molar-refractivity contribution in [1.82, 2.24) is 30.1 Å². The van der Waals surface area contributed by atoms with E-state index in [9.17, 15) is 17.6 Å². The standard InChI is InChI=1S/C35H28FN7O3S/c1-47(45,46)13-12-22-14-23(17-25(36)15-22)27-8-5-9-29-32(27)41-35(40-29)34-33-30(42-43-34)11-10-28(39-33)24-18-26(20-37-19-24)38-31(44)16-21-6-3-2-4-7-21/h2-11,14-15,17-20H,12-13,16H2,1H3,(H,38,44)(H,40,41)(H,42,43). The first-order chi connectivity index (χ1) is 22.7. The molecule has 0 atom stereocenters. The van der Waals surface area contributed by atoms with Crippen LogP contribution in [0.1, 0.15) is 11.1 Å². The van der Waals surface area contributed by atoms with Crippen LogP contribution in [-0.4, -0.2) is 56.5 Å². The van der Waals surface area contributed by atoms with E-state index in [2.05, 4.69) is 25.5 Å². The average molecular weight is 646 g/mol. The molecule has 4 heterocycles. The van der Waals surface area contributed by atoms with Crippen LogP contribution in [0.2, 0.25) is 0 Å². The zero-order chi connectivity index (χ0) is 32.5. The Kier molecular flexibility index (Phi) is 7.78. The highest BCUT2D eigenvalue weighted by Gasteiger charge is 2.18. The summed E-state index contributed by atoms with van der Waals surface area (Å²) in [4.78, 5) is 30.0. The third-order valence-electron chi connectivity index (χ3n) is 7.70. The average Bonchev–Trinajstić information content (AvgIpc) is 3.68. The predicted octanol–water partition coefficient (Wildman–Crippen LogP) is 6.14. The van der Waals surface area contributed by atoms with Crippen LogP contribution < -0.4 is 5.32 Å². The number of imidazole rings is 1. The van der Waals surface area contributed by atoms with Crippen molar-refractivity contribution < 1.29 is 17.6 Å². The number of sulfone groups is 1. The number of amides is 1. The number of para-hydroxylation sites is 1. The number of carbonyl (C=O) groups excluding carboxylic acids is 1. The summed E-state index contributed by atoms with van der Waals surface area (Å²) < 4.78 is 38.1. The number of halogens is 1. The number of aromatic amines is 2. The second-order valence-electron chi connectivity index (χ2n) is 11.4. The smallest absolute Gasteiger partial charge is 0.228 e. The number of hydrogen-bond acceptors (Lipinski definition) is 7. The van der Waals surface area contributed by atoms with E-state index in [-0.39, 0.29) is 24.5 Å². The van der Waals surface area contributed by atoms with E-state index < -0.39 is 15.7 Å². The molecule has 0 aliphatic heterocycles. The van der Waals surface area contributed by atoms with Gasteiger partial charge in [-0.1, -0.05) is 48.5 Å². The Morgan fingerprint density at radius 1 is 0.851 bits per heavy atom. The summed E-state index contributed by atoms with van der Waals surface area (Å²) in [6, 6.07) is 25.2. The van der Waals surface area contributed by atoms with Gasteiger partial charge in [0.2, 0.25) is 5.91 Å². The van der Waals surface area contributed by atoms with Gasteiger partial charge in [0.05, 0.1) is 46.3 Å². The van der Waals surface area contributed by atoms with Crippen molar-refractivity contribution in [2.24, 2.45) is 0 Å². The van der Waals surface area contributed by atoms with Crippen molar-refractivity contribution in [2.45, 2.75) is 12.8 Å². The van der Waals surface area contributed by atoms with Gasteiger partial charge in [0, 0.05) is 23.6 Å². The molecule has 1 amide bonds. The Morgan fingerprint density at radius 2 is 1.70 bits per heavy atom. The van der Waals surface area contributed by atoms with Crippen molar-refractivity contribution in [3.05, 3.63) is 114 Å². The molecule has 7 aromatic rings. The molecule has 0 saturated heterocycles. The summed E-state index contributed by atoms with van der Waals surface area (Å²) in [5.41, 5.74) is 7.78. The normalized spacial score (nSPS) is 11.7. The molecule has 47 heavy (non-hydrogen) atoms. The van der Waals surface area contributed by atoms with E-state index in [0.717, 1.165) is 17.3 Å². The molecule has 0 saturated carbocycles. The monoisotopic (exact) mass is 645 g/mol. The highest BCUT2D eigenvalue weighted by Crippen LogP contribution is 2.33. The van der Waals surface area contributed by atoms with Gasteiger partial charge in [-0.15, -0.1) is 0 Å². The maximum Gasteiger partial charge on any atom is 0.228 e. The second kappa shape index (κ2) is 12.2. The van der Waals surface area contributed by atoms with Gasteiger partial charge >= 0.3 is 0 Å². The fraction of sp³-hybridized carbons (Fsp3) is 0.114. The lowest BCUT2D eigenvalue weighted by Gasteiger charge is -2.07. The summed E-state index contributed by atoms with van der Waals surface area (Å²) in [6.07, 6.45) is 4.88. The van der Waals surface area contributed by atoms with Crippen molar-refractivity contribution in [1.29, 1.82) is 0 Å². The summed E-state index contributed by atoms with van der Waals surface area (Å²) in [5.74, 6) is -0.208. The molecule has 0 aliphatic carbocycles. The van der Waals surface area contributed by atoms with Crippen molar-refractivity contribution in [2.75, 3.05) is 17.3 Å².